The van der Waals surface area contributed by atoms with Gasteiger partial charge in [0.15, 0.2) is 5.69 Å². The molecule has 3 rings (SSSR count). The number of aryl methyl sites for hydroxylation is 1. The normalized spacial score (nSPS) is 21.3. The molecule has 1 fully saturated rings. The number of carbonyl (C=O) groups is 1. The molecule has 2 atom stereocenters. The van der Waals surface area contributed by atoms with Crippen molar-refractivity contribution in [2.45, 2.75) is 44.8 Å². The van der Waals surface area contributed by atoms with E-state index in [-0.39, 0.29) is 18.1 Å². The summed E-state index contributed by atoms with van der Waals surface area (Å²) in [5.74, 6) is 0.645. The Bertz CT molecular complexity index is 627. The van der Waals surface area contributed by atoms with Crippen LogP contribution >= 0.6 is 0 Å². The van der Waals surface area contributed by atoms with Gasteiger partial charge in [-0.2, -0.15) is 15.4 Å². The number of H-pyrrole nitrogens is 1. The van der Waals surface area contributed by atoms with Gasteiger partial charge < -0.3 is 10.1 Å². The zero-order chi connectivity index (χ0) is 15.4. The molecule has 2 N–H and O–H groups in total. The van der Waals surface area contributed by atoms with Crippen molar-refractivity contribution in [1.82, 2.24) is 20.7 Å². The van der Waals surface area contributed by atoms with Crippen molar-refractivity contribution in [3.05, 3.63) is 41.7 Å². The first-order chi connectivity index (χ1) is 10.7. The van der Waals surface area contributed by atoms with Crippen LogP contribution in [0.25, 0.3) is 0 Å². The van der Waals surface area contributed by atoms with Gasteiger partial charge in [-0.1, -0.05) is 18.6 Å². The summed E-state index contributed by atoms with van der Waals surface area (Å²) in [4.78, 5) is 12.1. The molecule has 1 amide bonds. The number of nitrogens with zero attached hydrogens (tertiary/aromatic N) is 2. The first kappa shape index (κ1) is 14.6. The zero-order valence-corrected chi connectivity index (χ0v) is 12.6. The molecule has 0 saturated heterocycles. The van der Waals surface area contributed by atoms with E-state index in [4.69, 9.17) is 4.74 Å². The van der Waals surface area contributed by atoms with Crippen LogP contribution in [0.15, 0.2) is 30.5 Å². The Kier molecular flexibility index (Phi) is 4.37. The monoisotopic (exact) mass is 300 g/mol. The second-order valence-corrected chi connectivity index (χ2v) is 5.69. The molecule has 1 aliphatic rings. The summed E-state index contributed by atoms with van der Waals surface area (Å²) >= 11 is 0. The van der Waals surface area contributed by atoms with Crippen LogP contribution in [0, 0.1) is 6.92 Å². The van der Waals surface area contributed by atoms with Crippen LogP contribution in [0.1, 0.15) is 41.7 Å². The number of aromatic amines is 1. The van der Waals surface area contributed by atoms with Gasteiger partial charge in [0, 0.05) is 0 Å². The fourth-order valence-corrected chi connectivity index (χ4v) is 2.82. The van der Waals surface area contributed by atoms with Crippen molar-refractivity contribution < 1.29 is 9.53 Å². The molecule has 6 nitrogen and oxygen atoms in total. The first-order valence-corrected chi connectivity index (χ1v) is 7.62. The zero-order valence-electron chi connectivity index (χ0n) is 12.6. The summed E-state index contributed by atoms with van der Waals surface area (Å²) in [6, 6.07) is 8.00. The molecule has 22 heavy (non-hydrogen) atoms. The van der Waals surface area contributed by atoms with E-state index in [1.54, 1.807) is 0 Å². The Hall–Kier alpha value is -2.37. The Balaban J connectivity index is 1.67. The highest BCUT2D eigenvalue weighted by Gasteiger charge is 2.29. The Morgan fingerprint density at radius 2 is 2.23 bits per heavy atom. The lowest BCUT2D eigenvalue weighted by Crippen LogP contribution is -2.47. The average Bonchev–Trinajstić information content (AvgIpc) is 3.04. The topological polar surface area (TPSA) is 79.9 Å². The van der Waals surface area contributed by atoms with Crippen LogP contribution in [0.4, 0.5) is 0 Å². The summed E-state index contributed by atoms with van der Waals surface area (Å²) < 4.78 is 6.11. The van der Waals surface area contributed by atoms with E-state index in [9.17, 15) is 4.79 Å². The summed E-state index contributed by atoms with van der Waals surface area (Å²) in [6.45, 7) is 2.04. The first-order valence-electron chi connectivity index (χ1n) is 7.62. The van der Waals surface area contributed by atoms with Crippen LogP contribution < -0.4 is 10.1 Å². The molecule has 6 heteroatoms. The number of hydrogen-bond donors (Lipinski definition) is 2. The second kappa shape index (κ2) is 6.60. The number of hydrogen-bond acceptors (Lipinski definition) is 4. The van der Waals surface area contributed by atoms with E-state index < -0.39 is 0 Å². The quantitative estimate of drug-likeness (QED) is 0.907. The molecule has 0 aliphatic heterocycles. The van der Waals surface area contributed by atoms with Gasteiger partial charge in [0.1, 0.15) is 11.9 Å². The number of nitrogens with one attached hydrogen (secondary N) is 2. The van der Waals surface area contributed by atoms with Gasteiger partial charge in [0.2, 0.25) is 0 Å². The van der Waals surface area contributed by atoms with Crippen LogP contribution in [0.5, 0.6) is 5.75 Å². The van der Waals surface area contributed by atoms with E-state index in [1.807, 2.05) is 31.2 Å². The Morgan fingerprint density at radius 3 is 3.00 bits per heavy atom. The molecular weight excluding hydrogens is 280 g/mol. The summed E-state index contributed by atoms with van der Waals surface area (Å²) in [7, 11) is 0. The van der Waals surface area contributed by atoms with Gasteiger partial charge in [-0.05, 0) is 43.9 Å². The van der Waals surface area contributed by atoms with Crippen molar-refractivity contribution >= 4 is 5.91 Å². The maximum atomic E-state index is 12.1. The van der Waals surface area contributed by atoms with E-state index in [2.05, 4.69) is 20.7 Å². The lowest BCUT2D eigenvalue weighted by molar-refractivity contribution is 0.0793. The van der Waals surface area contributed by atoms with Gasteiger partial charge in [-0.15, -0.1) is 0 Å². The third kappa shape index (κ3) is 3.44. The number of rotatable bonds is 4. The number of ether oxygens (including phenoxy) is 1. The molecule has 1 aliphatic carbocycles. The minimum Gasteiger partial charge on any atom is -0.488 e. The maximum Gasteiger partial charge on any atom is 0.273 e. The van der Waals surface area contributed by atoms with Crippen molar-refractivity contribution in [2.24, 2.45) is 0 Å². The average molecular weight is 300 g/mol. The van der Waals surface area contributed by atoms with E-state index >= 15 is 0 Å². The molecule has 116 valence electrons. The van der Waals surface area contributed by atoms with Crippen LogP contribution in [0.2, 0.25) is 0 Å². The fraction of sp³-hybridized carbons (Fsp3) is 0.438. The van der Waals surface area contributed by atoms with Gasteiger partial charge in [-0.25, -0.2) is 0 Å². The molecule has 0 spiro atoms. The highest BCUT2D eigenvalue weighted by atomic mass is 16.5. The SMILES string of the molecule is Cc1cccc(OC2CCCCC2NC(=O)c2cn[nH]n2)c1. The lowest BCUT2D eigenvalue weighted by atomic mass is 9.92. The Morgan fingerprint density at radius 1 is 1.36 bits per heavy atom. The molecule has 1 aromatic carbocycles. The predicted octanol–water partition coefficient (Wildman–Crippen LogP) is 2.23. The highest BCUT2D eigenvalue weighted by Crippen LogP contribution is 2.24. The molecule has 0 radical (unpaired) electrons. The maximum absolute atomic E-state index is 12.1. The molecule has 2 unspecified atom stereocenters. The number of amides is 1. The van der Waals surface area contributed by atoms with Crippen LogP contribution in [0.3, 0.4) is 0 Å². The van der Waals surface area contributed by atoms with Gasteiger partial charge in [-0.3, -0.25) is 4.79 Å². The van der Waals surface area contributed by atoms with E-state index in [0.717, 1.165) is 37.0 Å². The van der Waals surface area contributed by atoms with Crippen molar-refractivity contribution in [3.63, 3.8) is 0 Å². The van der Waals surface area contributed by atoms with Crippen molar-refractivity contribution in [2.75, 3.05) is 0 Å². The van der Waals surface area contributed by atoms with Crippen LogP contribution in [-0.4, -0.2) is 33.5 Å². The van der Waals surface area contributed by atoms with Gasteiger partial charge in [0.05, 0.1) is 12.2 Å². The van der Waals surface area contributed by atoms with Gasteiger partial charge >= 0.3 is 0 Å². The smallest absolute Gasteiger partial charge is 0.273 e. The standard InChI is InChI=1S/C16H20N4O2/c1-11-5-4-6-12(9-11)22-15-8-3-2-7-13(15)18-16(21)14-10-17-20-19-14/h4-6,9-10,13,15H,2-3,7-8H2,1H3,(H,18,21)(H,17,19,20). The fourth-order valence-electron chi connectivity index (χ4n) is 2.82. The third-order valence-electron chi connectivity index (χ3n) is 3.94. The molecule has 1 aromatic heterocycles. The molecule has 2 aromatic rings. The summed E-state index contributed by atoms with van der Waals surface area (Å²) in [6.07, 6.45) is 5.49. The molecule has 0 bridgehead atoms. The third-order valence-corrected chi connectivity index (χ3v) is 3.94. The van der Waals surface area contributed by atoms with E-state index in [1.165, 1.54) is 6.20 Å². The molecule has 1 saturated carbocycles. The van der Waals surface area contributed by atoms with E-state index in [0.29, 0.717) is 5.69 Å². The number of carbonyl (C=O) groups excluding carboxylic acids is 1. The van der Waals surface area contributed by atoms with Crippen molar-refractivity contribution in [1.29, 1.82) is 0 Å². The lowest BCUT2D eigenvalue weighted by Gasteiger charge is -2.32. The predicted molar refractivity (Wildman–Crippen MR) is 81.7 cm³/mol. The second-order valence-electron chi connectivity index (χ2n) is 5.69. The van der Waals surface area contributed by atoms with Gasteiger partial charge in [0.25, 0.3) is 5.91 Å². The molecular formula is C16H20N4O2. The highest BCUT2D eigenvalue weighted by molar-refractivity contribution is 5.92. The molecule has 1 heterocycles. The number of benzene rings is 1. The minimum atomic E-state index is -0.210. The summed E-state index contributed by atoms with van der Waals surface area (Å²) in [5.41, 5.74) is 1.47. The Labute approximate surface area is 129 Å². The van der Waals surface area contributed by atoms with Crippen LogP contribution in [-0.2, 0) is 0 Å². The number of aromatic nitrogens is 3. The van der Waals surface area contributed by atoms with Crippen molar-refractivity contribution in [3.8, 4) is 5.75 Å². The largest absolute Gasteiger partial charge is 0.488 e. The minimum absolute atomic E-state index is 0.00142. The summed E-state index contributed by atoms with van der Waals surface area (Å²) in [5, 5.41) is 13.0.